The number of anilines is 3. The Morgan fingerprint density at radius 1 is 0.500 bits per heavy atom. The maximum Gasteiger partial charge on any atom is 0.179 e. The summed E-state index contributed by atoms with van der Waals surface area (Å²) in [5.74, 6) is 0.937. The van der Waals surface area contributed by atoms with Gasteiger partial charge in [0.15, 0.2) is 8.07 Å². The number of rotatable bonds is 6. The zero-order valence-electron chi connectivity index (χ0n) is 30.1. The van der Waals surface area contributed by atoms with E-state index in [1.807, 2.05) is 24.5 Å². The maximum absolute atomic E-state index is 6.51. The van der Waals surface area contributed by atoms with Gasteiger partial charge in [-0.2, -0.15) is 0 Å². The van der Waals surface area contributed by atoms with Crippen molar-refractivity contribution in [2.24, 2.45) is 0 Å². The number of hydrogen-bond donors (Lipinski definition) is 0. The summed E-state index contributed by atoms with van der Waals surface area (Å²) in [5, 5.41) is 7.47. The number of pyridine rings is 2. The van der Waals surface area contributed by atoms with Crippen molar-refractivity contribution in [3.8, 4) is 11.3 Å². The van der Waals surface area contributed by atoms with E-state index in [-0.39, 0.29) is 5.41 Å². The van der Waals surface area contributed by atoms with Gasteiger partial charge in [0.25, 0.3) is 0 Å². The molecule has 3 aromatic heterocycles. The fraction of sp³-hybridized carbons (Fsp3) is 0.0612. The Morgan fingerprint density at radius 3 is 1.93 bits per heavy atom. The van der Waals surface area contributed by atoms with Crippen molar-refractivity contribution >= 4 is 68.0 Å². The molecule has 0 bridgehead atoms. The zero-order valence-corrected chi connectivity index (χ0v) is 31.1. The van der Waals surface area contributed by atoms with Crippen LogP contribution in [0.3, 0.4) is 0 Å². The molecule has 1 aliphatic rings. The van der Waals surface area contributed by atoms with Crippen LogP contribution in [0.25, 0.3) is 33.2 Å². The predicted octanol–water partition coefficient (Wildman–Crippen LogP) is 9.53. The van der Waals surface area contributed by atoms with Gasteiger partial charge in [-0.3, -0.25) is 9.88 Å². The number of benzene rings is 6. The average molecular weight is 712 g/mol. The number of para-hydroxylation sites is 1. The first-order chi connectivity index (χ1) is 26.5. The molecule has 0 atom stereocenters. The van der Waals surface area contributed by atoms with E-state index >= 15 is 0 Å². The molecular weight excluding hydrogens is 675 g/mol. The fourth-order valence-electron chi connectivity index (χ4n) is 8.73. The summed E-state index contributed by atoms with van der Waals surface area (Å²) in [5.41, 5.74) is 8.11. The molecule has 4 heterocycles. The lowest BCUT2D eigenvalue weighted by molar-refractivity contribution is 0.626. The lowest BCUT2D eigenvalue weighted by Gasteiger charge is -2.41. The average Bonchev–Trinajstić information content (AvgIpc) is 3.60. The number of aromatic nitrogens is 2. The molecule has 4 nitrogen and oxygen atoms in total. The van der Waals surface area contributed by atoms with Gasteiger partial charge in [-0.1, -0.05) is 141 Å². The second kappa shape index (κ2) is 12.5. The molecule has 258 valence electrons. The highest BCUT2D eigenvalue weighted by atomic mass is 28.3. The summed E-state index contributed by atoms with van der Waals surface area (Å²) in [6.07, 6.45) is 3.78. The van der Waals surface area contributed by atoms with Crippen LogP contribution >= 0.6 is 0 Å². The lowest BCUT2D eigenvalue weighted by atomic mass is 9.74. The van der Waals surface area contributed by atoms with E-state index in [2.05, 4.69) is 183 Å². The lowest BCUT2D eigenvalue weighted by Crippen LogP contribution is -2.74. The summed E-state index contributed by atoms with van der Waals surface area (Å²) < 4.78 is 6.51. The van der Waals surface area contributed by atoms with Crippen LogP contribution in [0.5, 0.6) is 0 Å². The summed E-state index contributed by atoms with van der Waals surface area (Å²) in [7, 11) is -2.93. The maximum atomic E-state index is 6.51. The molecule has 0 saturated heterocycles. The molecule has 0 spiro atoms. The van der Waals surface area contributed by atoms with Gasteiger partial charge in [-0.05, 0) is 68.8 Å². The van der Waals surface area contributed by atoms with Gasteiger partial charge >= 0.3 is 0 Å². The van der Waals surface area contributed by atoms with Gasteiger partial charge in [0.1, 0.15) is 17.0 Å². The van der Waals surface area contributed by atoms with Gasteiger partial charge in [0, 0.05) is 51.5 Å². The standard InChI is InChI=1S/C49H37N3OSi/c1-49(2)42-25-15-29-51-48(42)52(45-33-47-41(32-43(45)49)40-24-9-10-27-46(40)53-47)35-17-14-23-39(31-35)54(36-18-5-3-6-19-36,37-20-7-4-8-21-37)38-22-13-16-34(30-38)44-26-11-12-28-50-44/h3-33H,1-2H3. The quantitative estimate of drug-likeness (QED) is 0.127. The molecule has 0 fully saturated rings. The molecule has 54 heavy (non-hydrogen) atoms. The summed E-state index contributed by atoms with van der Waals surface area (Å²) >= 11 is 0. The van der Waals surface area contributed by atoms with Gasteiger partial charge in [-0.15, -0.1) is 0 Å². The topological polar surface area (TPSA) is 42.2 Å². The van der Waals surface area contributed by atoms with E-state index in [1.165, 1.54) is 31.9 Å². The molecular formula is C49H37N3OSi. The predicted molar refractivity (Wildman–Crippen MR) is 225 cm³/mol. The number of fused-ring (bicyclic) bond motifs is 5. The van der Waals surface area contributed by atoms with Crippen molar-refractivity contribution in [2.75, 3.05) is 4.90 Å². The SMILES string of the molecule is CC1(C)c2cc3c(cc2N(c2cccc([Si](c4ccccc4)(c4ccccc4)c4cccc(-c5ccccn5)c4)c2)c2ncccc21)oc1ccccc13. The third-order valence-corrected chi connectivity index (χ3v) is 16.0. The Balaban J connectivity index is 1.25. The van der Waals surface area contributed by atoms with E-state index in [4.69, 9.17) is 14.4 Å². The molecule has 0 radical (unpaired) electrons. The zero-order chi connectivity index (χ0) is 36.3. The first kappa shape index (κ1) is 32.1. The van der Waals surface area contributed by atoms with E-state index in [9.17, 15) is 0 Å². The molecule has 10 rings (SSSR count). The molecule has 0 N–H and O–H groups in total. The third kappa shape index (κ3) is 4.89. The second-order valence-corrected chi connectivity index (χ2v) is 18.4. The monoisotopic (exact) mass is 711 g/mol. The smallest absolute Gasteiger partial charge is 0.179 e. The molecule has 0 unspecified atom stereocenters. The third-order valence-electron chi connectivity index (χ3n) is 11.3. The summed E-state index contributed by atoms with van der Waals surface area (Å²) in [6, 6.07) is 63.7. The highest BCUT2D eigenvalue weighted by molar-refractivity contribution is 7.20. The van der Waals surface area contributed by atoms with Crippen LogP contribution in [-0.4, -0.2) is 18.0 Å². The highest BCUT2D eigenvalue weighted by Crippen LogP contribution is 2.52. The second-order valence-electron chi connectivity index (χ2n) is 14.6. The largest absolute Gasteiger partial charge is 0.456 e. The molecule has 9 aromatic rings. The van der Waals surface area contributed by atoms with Crippen molar-refractivity contribution in [2.45, 2.75) is 19.3 Å². The molecule has 1 aliphatic heterocycles. The molecule has 6 aromatic carbocycles. The molecule has 0 amide bonds. The Kier molecular flexibility index (Phi) is 7.46. The molecule has 0 aliphatic carbocycles. The first-order valence-electron chi connectivity index (χ1n) is 18.5. The van der Waals surface area contributed by atoms with Crippen molar-refractivity contribution in [3.63, 3.8) is 0 Å². The van der Waals surface area contributed by atoms with E-state index in [0.29, 0.717) is 0 Å². The molecule has 0 saturated carbocycles. The Morgan fingerprint density at radius 2 is 1.17 bits per heavy atom. The van der Waals surface area contributed by atoms with Crippen molar-refractivity contribution in [1.29, 1.82) is 0 Å². The fourth-order valence-corrected chi connectivity index (χ4v) is 13.5. The van der Waals surface area contributed by atoms with Crippen LogP contribution in [0.2, 0.25) is 0 Å². The number of furan rings is 1. The minimum atomic E-state index is -2.93. The Labute approximate surface area is 316 Å². The van der Waals surface area contributed by atoms with Crippen molar-refractivity contribution in [3.05, 3.63) is 199 Å². The van der Waals surface area contributed by atoms with Crippen LogP contribution in [-0.2, 0) is 5.41 Å². The van der Waals surface area contributed by atoms with Crippen molar-refractivity contribution < 1.29 is 4.42 Å². The number of hydrogen-bond acceptors (Lipinski definition) is 4. The summed E-state index contributed by atoms with van der Waals surface area (Å²) in [4.78, 5) is 12.2. The van der Waals surface area contributed by atoms with Gasteiger partial charge in [0.05, 0.1) is 11.4 Å². The first-order valence-corrected chi connectivity index (χ1v) is 20.5. The van der Waals surface area contributed by atoms with Gasteiger partial charge < -0.3 is 4.42 Å². The van der Waals surface area contributed by atoms with E-state index in [0.717, 1.165) is 50.4 Å². The Bertz CT molecular complexity index is 2770. The molecule has 5 heteroatoms. The van der Waals surface area contributed by atoms with Crippen molar-refractivity contribution in [1.82, 2.24) is 9.97 Å². The van der Waals surface area contributed by atoms with Crippen LogP contribution in [0.15, 0.2) is 193 Å². The van der Waals surface area contributed by atoms with Gasteiger partial charge in [0.2, 0.25) is 0 Å². The van der Waals surface area contributed by atoms with Gasteiger partial charge in [-0.25, -0.2) is 4.98 Å². The summed E-state index contributed by atoms with van der Waals surface area (Å²) in [6.45, 7) is 4.62. The Hall–Kier alpha value is -6.56. The highest BCUT2D eigenvalue weighted by Gasteiger charge is 2.43. The van der Waals surface area contributed by atoms with Crippen LogP contribution < -0.4 is 25.6 Å². The van der Waals surface area contributed by atoms with Crippen LogP contribution in [0.4, 0.5) is 17.2 Å². The number of nitrogens with zero attached hydrogens (tertiary/aromatic N) is 3. The van der Waals surface area contributed by atoms with Crippen LogP contribution in [0.1, 0.15) is 25.0 Å². The minimum Gasteiger partial charge on any atom is -0.456 e. The van der Waals surface area contributed by atoms with E-state index in [1.54, 1.807) is 0 Å². The normalized spacial score (nSPS) is 13.5. The van der Waals surface area contributed by atoms with Crippen LogP contribution in [0, 0.1) is 0 Å². The van der Waals surface area contributed by atoms with E-state index < -0.39 is 8.07 Å². The minimum absolute atomic E-state index is 0.294.